The van der Waals surface area contributed by atoms with Crippen LogP contribution in [0.3, 0.4) is 0 Å². The summed E-state index contributed by atoms with van der Waals surface area (Å²) in [6.45, 7) is 3.70. The highest BCUT2D eigenvalue weighted by Crippen LogP contribution is 2.05. The molecular formula is C9H15NO4. The van der Waals surface area contributed by atoms with Crippen LogP contribution < -0.4 is 0 Å². The minimum absolute atomic E-state index is 0.194. The van der Waals surface area contributed by atoms with Gasteiger partial charge in [-0.15, -0.1) is 0 Å². The molecule has 1 aliphatic rings. The van der Waals surface area contributed by atoms with E-state index in [0.717, 1.165) is 0 Å². The predicted octanol–water partition coefficient (Wildman–Crippen LogP) is -0.346. The standard InChI is InChI=1S/C9H15NO4/c1-7(6-13-2)3-10-4-8(11)14-9(12)5-10/h7H,3-6H2,1-2H3. The number of ether oxygens (including phenoxy) is 2. The van der Waals surface area contributed by atoms with Gasteiger partial charge in [-0.1, -0.05) is 6.92 Å². The van der Waals surface area contributed by atoms with Crippen molar-refractivity contribution in [3.63, 3.8) is 0 Å². The Labute approximate surface area is 83.0 Å². The first kappa shape index (κ1) is 11.1. The highest BCUT2D eigenvalue weighted by molar-refractivity contribution is 5.90. The number of esters is 2. The molecule has 0 aromatic carbocycles. The molecule has 5 nitrogen and oxygen atoms in total. The summed E-state index contributed by atoms with van der Waals surface area (Å²) < 4.78 is 9.38. The van der Waals surface area contributed by atoms with Crippen LogP contribution in [0, 0.1) is 5.92 Å². The van der Waals surface area contributed by atoms with Gasteiger partial charge in [0.05, 0.1) is 13.1 Å². The predicted molar refractivity (Wildman–Crippen MR) is 48.6 cm³/mol. The van der Waals surface area contributed by atoms with Crippen LogP contribution in [0.4, 0.5) is 0 Å². The lowest BCUT2D eigenvalue weighted by Gasteiger charge is -2.26. The number of methoxy groups -OCH3 is 1. The average Bonchev–Trinajstić information content (AvgIpc) is 2.01. The lowest BCUT2D eigenvalue weighted by Crippen LogP contribution is -2.45. The minimum Gasteiger partial charge on any atom is -0.391 e. The molecule has 0 saturated carbocycles. The number of carbonyl (C=O) groups is 2. The Morgan fingerprint density at radius 3 is 2.50 bits per heavy atom. The van der Waals surface area contributed by atoms with Crippen molar-refractivity contribution in [3.8, 4) is 0 Å². The number of nitrogens with zero attached hydrogens (tertiary/aromatic N) is 1. The summed E-state index contributed by atoms with van der Waals surface area (Å²) in [6, 6.07) is 0. The molecule has 1 atom stereocenters. The van der Waals surface area contributed by atoms with Crippen LogP contribution in [0.1, 0.15) is 6.92 Å². The van der Waals surface area contributed by atoms with E-state index in [1.165, 1.54) is 0 Å². The number of morpholine rings is 1. The third kappa shape index (κ3) is 3.43. The van der Waals surface area contributed by atoms with Crippen molar-refractivity contribution in [1.82, 2.24) is 4.90 Å². The molecule has 0 N–H and O–H groups in total. The van der Waals surface area contributed by atoms with Crippen LogP contribution >= 0.6 is 0 Å². The molecule has 0 aromatic heterocycles. The molecule has 0 spiro atoms. The number of hydrogen-bond acceptors (Lipinski definition) is 5. The van der Waals surface area contributed by atoms with E-state index in [1.807, 2.05) is 6.92 Å². The zero-order valence-electron chi connectivity index (χ0n) is 8.49. The molecule has 1 saturated heterocycles. The number of carbonyl (C=O) groups excluding carboxylic acids is 2. The molecule has 1 unspecified atom stereocenters. The largest absolute Gasteiger partial charge is 0.391 e. The highest BCUT2D eigenvalue weighted by Gasteiger charge is 2.25. The molecule has 80 valence electrons. The lowest BCUT2D eigenvalue weighted by atomic mass is 10.2. The first-order valence-electron chi connectivity index (χ1n) is 4.56. The van der Waals surface area contributed by atoms with Gasteiger partial charge < -0.3 is 9.47 Å². The second-order valence-corrected chi connectivity index (χ2v) is 3.58. The molecule has 0 radical (unpaired) electrons. The van der Waals surface area contributed by atoms with Gasteiger partial charge in [-0.25, -0.2) is 0 Å². The van der Waals surface area contributed by atoms with Gasteiger partial charge in [0.15, 0.2) is 0 Å². The minimum atomic E-state index is -0.467. The third-order valence-electron chi connectivity index (χ3n) is 1.95. The van der Waals surface area contributed by atoms with Crippen LogP contribution in [0.2, 0.25) is 0 Å². The van der Waals surface area contributed by atoms with Gasteiger partial charge in [-0.05, 0) is 5.92 Å². The van der Waals surface area contributed by atoms with Crippen molar-refractivity contribution in [2.75, 3.05) is 33.4 Å². The van der Waals surface area contributed by atoms with Crippen molar-refractivity contribution in [3.05, 3.63) is 0 Å². The monoisotopic (exact) mass is 201 g/mol. The van der Waals surface area contributed by atoms with Crippen LogP contribution in [-0.2, 0) is 19.1 Å². The Kier molecular flexibility index (Phi) is 4.03. The van der Waals surface area contributed by atoms with Gasteiger partial charge >= 0.3 is 11.9 Å². The van der Waals surface area contributed by atoms with Gasteiger partial charge in [-0.3, -0.25) is 14.5 Å². The number of hydrogen-bond donors (Lipinski definition) is 0. The second kappa shape index (κ2) is 5.07. The van der Waals surface area contributed by atoms with Gasteiger partial charge in [0, 0.05) is 20.3 Å². The molecule has 1 heterocycles. The number of cyclic esters (lactones) is 2. The van der Waals surface area contributed by atoms with Crippen molar-refractivity contribution >= 4 is 11.9 Å². The summed E-state index contributed by atoms with van der Waals surface area (Å²) in [5.41, 5.74) is 0. The first-order valence-corrected chi connectivity index (χ1v) is 4.56. The maximum Gasteiger partial charge on any atom is 0.327 e. The molecule has 0 aliphatic carbocycles. The third-order valence-corrected chi connectivity index (χ3v) is 1.95. The molecule has 0 aromatic rings. The average molecular weight is 201 g/mol. The van der Waals surface area contributed by atoms with E-state index in [2.05, 4.69) is 4.74 Å². The molecule has 5 heteroatoms. The second-order valence-electron chi connectivity index (χ2n) is 3.58. The summed E-state index contributed by atoms with van der Waals surface area (Å²) >= 11 is 0. The molecule has 1 fully saturated rings. The number of rotatable bonds is 4. The molecule has 14 heavy (non-hydrogen) atoms. The Bertz CT molecular complexity index is 213. The Morgan fingerprint density at radius 1 is 1.43 bits per heavy atom. The first-order chi connectivity index (χ1) is 6.61. The van der Waals surface area contributed by atoms with Crippen LogP contribution in [0.25, 0.3) is 0 Å². The molecular weight excluding hydrogens is 186 g/mol. The van der Waals surface area contributed by atoms with E-state index >= 15 is 0 Å². The quantitative estimate of drug-likeness (QED) is 0.460. The van der Waals surface area contributed by atoms with Gasteiger partial charge in [0.1, 0.15) is 0 Å². The maximum atomic E-state index is 10.9. The van der Waals surface area contributed by atoms with Gasteiger partial charge in [0.2, 0.25) is 0 Å². The summed E-state index contributed by atoms with van der Waals surface area (Å²) in [6.07, 6.45) is 0. The fraction of sp³-hybridized carbons (Fsp3) is 0.778. The van der Waals surface area contributed by atoms with E-state index in [-0.39, 0.29) is 13.1 Å². The maximum absolute atomic E-state index is 10.9. The highest BCUT2D eigenvalue weighted by atomic mass is 16.6. The van der Waals surface area contributed by atoms with Crippen LogP contribution in [-0.4, -0.2) is 50.2 Å². The topological polar surface area (TPSA) is 55.8 Å². The van der Waals surface area contributed by atoms with E-state index in [0.29, 0.717) is 19.1 Å². The summed E-state index contributed by atoms with van der Waals surface area (Å²) in [5.74, 6) is -0.629. The lowest BCUT2D eigenvalue weighted by molar-refractivity contribution is -0.167. The Morgan fingerprint density at radius 2 is 2.00 bits per heavy atom. The van der Waals surface area contributed by atoms with Crippen molar-refractivity contribution < 1.29 is 19.1 Å². The summed E-state index contributed by atoms with van der Waals surface area (Å²) in [7, 11) is 1.63. The zero-order chi connectivity index (χ0) is 10.6. The Balaban J connectivity index is 2.36. The summed E-state index contributed by atoms with van der Waals surface area (Å²) in [4.78, 5) is 23.6. The van der Waals surface area contributed by atoms with Crippen molar-refractivity contribution in [2.45, 2.75) is 6.92 Å². The summed E-state index contributed by atoms with van der Waals surface area (Å²) in [5, 5.41) is 0. The van der Waals surface area contributed by atoms with Gasteiger partial charge in [-0.2, -0.15) is 0 Å². The SMILES string of the molecule is COCC(C)CN1CC(=O)OC(=O)C1. The Hall–Kier alpha value is -0.940. The zero-order valence-corrected chi connectivity index (χ0v) is 8.49. The fourth-order valence-corrected chi connectivity index (χ4v) is 1.52. The van der Waals surface area contributed by atoms with Gasteiger partial charge in [0.25, 0.3) is 0 Å². The fourth-order valence-electron chi connectivity index (χ4n) is 1.52. The van der Waals surface area contributed by atoms with Crippen LogP contribution in [0.5, 0.6) is 0 Å². The molecule has 0 bridgehead atoms. The van der Waals surface area contributed by atoms with E-state index in [4.69, 9.17) is 4.74 Å². The smallest absolute Gasteiger partial charge is 0.327 e. The van der Waals surface area contributed by atoms with E-state index in [1.54, 1.807) is 12.0 Å². The van der Waals surface area contributed by atoms with Crippen LogP contribution in [0.15, 0.2) is 0 Å². The normalized spacial score (nSPS) is 20.7. The molecule has 1 aliphatic heterocycles. The van der Waals surface area contributed by atoms with E-state index < -0.39 is 11.9 Å². The molecule has 0 amide bonds. The molecule has 1 rings (SSSR count). The van der Waals surface area contributed by atoms with E-state index in [9.17, 15) is 9.59 Å². The van der Waals surface area contributed by atoms with Crippen molar-refractivity contribution in [1.29, 1.82) is 0 Å². The van der Waals surface area contributed by atoms with Crippen molar-refractivity contribution in [2.24, 2.45) is 5.92 Å².